The van der Waals surface area contributed by atoms with Crippen molar-refractivity contribution in [2.75, 3.05) is 6.54 Å². The van der Waals surface area contributed by atoms with Gasteiger partial charge in [0.15, 0.2) is 5.82 Å². The van der Waals surface area contributed by atoms with Crippen LogP contribution in [0.1, 0.15) is 45.1 Å². The largest absolute Gasteiger partial charge is 0.465 e. The highest BCUT2D eigenvalue weighted by atomic mass is 32.2. The monoisotopic (exact) mass is 497 g/mol. The molecule has 3 rings (SSSR count). The number of pyridine rings is 1. The van der Waals surface area contributed by atoms with Crippen LogP contribution in [0.25, 0.3) is 11.3 Å². The molecule has 184 valence electrons. The van der Waals surface area contributed by atoms with Crippen LogP contribution in [-0.4, -0.2) is 45.1 Å². The van der Waals surface area contributed by atoms with Crippen LogP contribution in [0.4, 0.5) is 13.6 Å². The van der Waals surface area contributed by atoms with Crippen molar-refractivity contribution >= 4 is 16.1 Å². The topological polar surface area (TPSA) is 126 Å². The van der Waals surface area contributed by atoms with E-state index in [2.05, 4.69) is 4.98 Å². The number of hydrogen-bond acceptors (Lipinski definition) is 6. The molecule has 3 aromatic heterocycles. The summed E-state index contributed by atoms with van der Waals surface area (Å²) >= 11 is 0. The third-order valence-electron chi connectivity index (χ3n) is 4.82. The molecule has 0 aliphatic heterocycles. The van der Waals surface area contributed by atoms with Crippen molar-refractivity contribution in [1.29, 1.82) is 0 Å². The predicted molar refractivity (Wildman–Crippen MR) is 117 cm³/mol. The van der Waals surface area contributed by atoms with Crippen LogP contribution in [0.3, 0.4) is 0 Å². The number of halogens is 2. The van der Waals surface area contributed by atoms with E-state index >= 15 is 4.39 Å². The van der Waals surface area contributed by atoms with Crippen molar-refractivity contribution < 1.29 is 36.6 Å². The third-order valence-corrected chi connectivity index (χ3v) is 6.36. The fourth-order valence-electron chi connectivity index (χ4n) is 3.37. The van der Waals surface area contributed by atoms with Gasteiger partial charge in [-0.05, 0) is 36.6 Å². The molecule has 0 aliphatic rings. The minimum Gasteiger partial charge on any atom is -0.465 e. The van der Waals surface area contributed by atoms with Gasteiger partial charge in [0.2, 0.25) is 11.0 Å². The van der Waals surface area contributed by atoms with Gasteiger partial charge in [-0.2, -0.15) is 12.8 Å². The van der Waals surface area contributed by atoms with E-state index in [0.29, 0.717) is 3.97 Å². The van der Waals surface area contributed by atoms with E-state index in [-0.39, 0.29) is 17.9 Å². The van der Waals surface area contributed by atoms with E-state index in [1.165, 1.54) is 19.1 Å². The molecule has 1 amide bonds. The average Bonchev–Trinajstić information content (AvgIpc) is 3.34. The molecule has 12 heteroatoms. The number of aliphatic hydroxyl groups excluding tert-OH is 1. The van der Waals surface area contributed by atoms with Gasteiger partial charge in [0.1, 0.15) is 17.6 Å². The number of carbonyl (C=O) groups is 1. The zero-order valence-corrected chi connectivity index (χ0v) is 19.8. The second-order valence-electron chi connectivity index (χ2n) is 8.99. The van der Waals surface area contributed by atoms with Gasteiger partial charge in [-0.25, -0.2) is 18.1 Å². The van der Waals surface area contributed by atoms with Crippen LogP contribution in [0, 0.1) is 17.2 Å². The van der Waals surface area contributed by atoms with E-state index in [9.17, 15) is 27.8 Å². The molecule has 34 heavy (non-hydrogen) atoms. The summed E-state index contributed by atoms with van der Waals surface area (Å²) in [5.41, 5.74) is -1.84. The highest BCUT2D eigenvalue weighted by Crippen LogP contribution is 2.33. The summed E-state index contributed by atoms with van der Waals surface area (Å²) in [7, 11) is -4.60. The molecule has 0 bridgehead atoms. The summed E-state index contributed by atoms with van der Waals surface area (Å²) in [5, 5.41) is 18.6. The van der Waals surface area contributed by atoms with Gasteiger partial charge in [-0.1, -0.05) is 20.8 Å². The lowest BCUT2D eigenvalue weighted by atomic mass is 9.96. The number of furan rings is 1. The molecule has 1 unspecified atom stereocenters. The number of nitrogens with zero attached hydrogens (tertiary/aromatic N) is 3. The number of rotatable bonds is 7. The van der Waals surface area contributed by atoms with Gasteiger partial charge in [0.05, 0.1) is 12.1 Å². The molecule has 0 saturated carbocycles. The summed E-state index contributed by atoms with van der Waals surface area (Å²) in [6.45, 7) is 6.31. The number of hydrogen-bond donors (Lipinski definition) is 2. The van der Waals surface area contributed by atoms with E-state index in [4.69, 9.17) is 4.42 Å². The standard InChI is InChI=1S/C22H25F2N3O6S/c1-13(28)16-7-8-17(33-16)34(31,32)27-11-14(10-26(21(29)30)12-22(2,3)4)18(23)19(27)15-6-5-9-25-20(15)24/h5-9,11,13,28H,10,12H2,1-4H3,(H,29,30). The molecular formula is C22H25F2N3O6S. The lowest BCUT2D eigenvalue weighted by Crippen LogP contribution is -2.36. The zero-order chi connectivity index (χ0) is 25.4. The van der Waals surface area contributed by atoms with Crippen LogP contribution < -0.4 is 0 Å². The lowest BCUT2D eigenvalue weighted by molar-refractivity contribution is 0.122. The van der Waals surface area contributed by atoms with Gasteiger partial charge in [-0.15, -0.1) is 0 Å². The molecule has 1 atom stereocenters. The Hall–Kier alpha value is -3.25. The summed E-state index contributed by atoms with van der Waals surface area (Å²) in [5.74, 6) is -2.27. The molecule has 9 nitrogen and oxygen atoms in total. The number of amides is 1. The second kappa shape index (κ2) is 9.18. The fraction of sp³-hybridized carbons (Fsp3) is 0.364. The molecular weight excluding hydrogens is 472 g/mol. The molecule has 0 fully saturated rings. The highest BCUT2D eigenvalue weighted by molar-refractivity contribution is 7.89. The van der Waals surface area contributed by atoms with Crippen LogP contribution in [0.15, 0.2) is 46.2 Å². The Morgan fingerprint density at radius 3 is 2.47 bits per heavy atom. The highest BCUT2D eigenvalue weighted by Gasteiger charge is 2.32. The molecule has 0 spiro atoms. The van der Waals surface area contributed by atoms with Gasteiger partial charge in [-0.3, -0.25) is 0 Å². The fourth-order valence-corrected chi connectivity index (χ4v) is 4.70. The van der Waals surface area contributed by atoms with Gasteiger partial charge in [0, 0.05) is 24.5 Å². The quantitative estimate of drug-likeness (QED) is 0.468. The van der Waals surface area contributed by atoms with Crippen LogP contribution >= 0.6 is 0 Å². The molecule has 0 radical (unpaired) electrons. The summed E-state index contributed by atoms with van der Waals surface area (Å²) in [4.78, 5) is 16.2. The Morgan fingerprint density at radius 1 is 1.26 bits per heavy atom. The Labute approximate surface area is 195 Å². The van der Waals surface area contributed by atoms with Crippen molar-refractivity contribution in [2.45, 2.75) is 45.4 Å². The van der Waals surface area contributed by atoms with Gasteiger partial charge >= 0.3 is 16.1 Å². The van der Waals surface area contributed by atoms with Gasteiger partial charge in [0.25, 0.3) is 0 Å². The second-order valence-corrected chi connectivity index (χ2v) is 10.7. The zero-order valence-electron chi connectivity index (χ0n) is 19.0. The molecule has 0 saturated heterocycles. The Morgan fingerprint density at radius 2 is 1.94 bits per heavy atom. The van der Waals surface area contributed by atoms with Crippen LogP contribution in [-0.2, 0) is 16.6 Å². The average molecular weight is 498 g/mol. The Kier molecular flexibility index (Phi) is 6.85. The first-order chi connectivity index (χ1) is 15.7. The molecule has 2 N–H and O–H groups in total. The molecule has 3 aromatic rings. The summed E-state index contributed by atoms with van der Waals surface area (Å²) < 4.78 is 62.5. The number of carboxylic acid groups (broad SMARTS) is 1. The smallest absolute Gasteiger partial charge is 0.407 e. The van der Waals surface area contributed by atoms with E-state index in [0.717, 1.165) is 29.4 Å². The Bertz CT molecular complexity index is 1310. The normalized spacial score (nSPS) is 13.1. The summed E-state index contributed by atoms with van der Waals surface area (Å²) in [6.07, 6.45) is -0.407. The van der Waals surface area contributed by atoms with Crippen molar-refractivity contribution in [1.82, 2.24) is 13.9 Å². The first-order valence-electron chi connectivity index (χ1n) is 10.2. The number of aliphatic hydroxyl groups is 1. The molecule has 0 aliphatic carbocycles. The van der Waals surface area contributed by atoms with Crippen molar-refractivity contribution in [3.8, 4) is 11.3 Å². The first-order valence-corrected chi connectivity index (χ1v) is 11.7. The third kappa shape index (κ3) is 5.12. The molecule has 0 aromatic carbocycles. The first kappa shape index (κ1) is 25.4. The maximum absolute atomic E-state index is 15.6. The number of aromatic nitrogens is 2. The van der Waals surface area contributed by atoms with Gasteiger partial charge < -0.3 is 19.5 Å². The minimum atomic E-state index is -4.60. The lowest BCUT2D eigenvalue weighted by Gasteiger charge is -2.27. The van der Waals surface area contributed by atoms with Crippen molar-refractivity contribution in [3.05, 3.63) is 59.7 Å². The minimum absolute atomic E-state index is 0.0340. The summed E-state index contributed by atoms with van der Waals surface area (Å²) in [6, 6.07) is 4.80. The molecule has 3 heterocycles. The van der Waals surface area contributed by atoms with E-state index in [1.54, 1.807) is 20.8 Å². The van der Waals surface area contributed by atoms with Crippen LogP contribution in [0.2, 0.25) is 0 Å². The van der Waals surface area contributed by atoms with Crippen molar-refractivity contribution in [3.63, 3.8) is 0 Å². The Balaban J connectivity index is 2.20. The van der Waals surface area contributed by atoms with E-state index < -0.39 is 62.3 Å². The SMILES string of the molecule is CC(O)c1ccc(S(=O)(=O)n2cc(CN(CC(C)(C)C)C(=O)O)c(F)c2-c2cccnc2F)o1. The maximum Gasteiger partial charge on any atom is 0.407 e. The van der Waals surface area contributed by atoms with E-state index in [1.807, 2.05) is 0 Å². The maximum atomic E-state index is 15.6. The van der Waals surface area contributed by atoms with Crippen LogP contribution in [0.5, 0.6) is 0 Å². The predicted octanol–water partition coefficient (Wildman–Crippen LogP) is 4.24. The van der Waals surface area contributed by atoms with Crippen molar-refractivity contribution in [2.24, 2.45) is 5.41 Å².